The molecular weight excluding hydrogens is 920 g/mol. The molecular formula is C66H146Cl2N4. The molecule has 4 N–H and O–H groups in total. The van der Waals surface area contributed by atoms with Crippen LogP contribution in [-0.2, 0) is 0 Å². The van der Waals surface area contributed by atoms with Gasteiger partial charge in [0.2, 0.25) is 0 Å². The van der Waals surface area contributed by atoms with Crippen molar-refractivity contribution < 1.29 is 33.8 Å². The van der Waals surface area contributed by atoms with Gasteiger partial charge >= 0.3 is 0 Å². The summed E-state index contributed by atoms with van der Waals surface area (Å²) in [6, 6.07) is 0. The first-order chi connectivity index (χ1) is 33.9. The maximum absolute atomic E-state index is 5.46. The van der Waals surface area contributed by atoms with Gasteiger partial charge in [0.25, 0.3) is 0 Å². The molecule has 0 aliphatic carbocycles. The van der Waals surface area contributed by atoms with E-state index in [-0.39, 0.29) is 24.8 Å². The number of nitrogens with zero attached hydrogens (tertiary/aromatic N) is 2. The average Bonchev–Trinajstić information content (AvgIpc) is 3.32. The van der Waals surface area contributed by atoms with E-state index in [4.69, 9.17) is 11.5 Å². The highest BCUT2D eigenvalue weighted by Crippen LogP contribution is 2.16. The second-order valence-corrected chi connectivity index (χ2v) is 24.6. The molecule has 0 rings (SSSR count). The van der Waals surface area contributed by atoms with Gasteiger partial charge in [0.15, 0.2) is 0 Å². The highest BCUT2D eigenvalue weighted by molar-refractivity contribution is 4.53. The number of unbranched alkanes of at least 4 members (excludes halogenated alkanes) is 48. The van der Waals surface area contributed by atoms with Crippen LogP contribution >= 0.6 is 0 Å². The molecule has 0 aromatic carbocycles. The summed E-state index contributed by atoms with van der Waals surface area (Å²) in [6.07, 6.45) is 74.5. The fraction of sp³-hybridized carbons (Fsp3) is 1.00. The Kier molecular flexibility index (Phi) is 88.0. The van der Waals surface area contributed by atoms with Crippen molar-refractivity contribution in [3.63, 3.8) is 0 Å². The van der Waals surface area contributed by atoms with E-state index in [1.807, 2.05) is 0 Å². The first-order valence-corrected chi connectivity index (χ1v) is 33.0. The van der Waals surface area contributed by atoms with Gasteiger partial charge in [-0.05, 0) is 51.6 Å². The van der Waals surface area contributed by atoms with Crippen LogP contribution in [0.15, 0.2) is 0 Å². The minimum Gasteiger partial charge on any atom is -1.00 e. The Morgan fingerprint density at radius 3 is 0.403 bits per heavy atom. The molecule has 0 saturated carbocycles. The number of quaternary nitrogens is 2. The lowest BCUT2D eigenvalue weighted by Gasteiger charge is -2.23. The molecule has 0 fully saturated rings. The Morgan fingerprint density at radius 1 is 0.181 bits per heavy atom. The fourth-order valence-electron chi connectivity index (χ4n) is 9.53. The quantitative estimate of drug-likeness (QED) is 0.0471. The standard InChI is InChI=1S/2C18H40N.2C15H33N.2ClH/c2*1-5-6-7-8-9-10-11-12-13-14-15-16-17-18-19(2,3)4;2*1-2-3-4-5-6-7-8-9-10-11-12-13-14-15-16;;/h2*5-18H2,1-4H3;2*2-16H2,1H3;2*1H/q2*+1;;;;/p-2. The maximum Gasteiger partial charge on any atom is 0.0780 e. The van der Waals surface area contributed by atoms with Crippen molar-refractivity contribution in [2.24, 2.45) is 11.5 Å². The van der Waals surface area contributed by atoms with Crippen LogP contribution in [0.3, 0.4) is 0 Å². The van der Waals surface area contributed by atoms with Crippen LogP contribution in [-0.4, -0.2) is 77.4 Å². The molecule has 4 nitrogen and oxygen atoms in total. The zero-order valence-corrected chi connectivity index (χ0v) is 53.9. The third kappa shape index (κ3) is 99.4. The lowest BCUT2D eigenvalue weighted by molar-refractivity contribution is -0.870. The van der Waals surface area contributed by atoms with E-state index in [2.05, 4.69) is 70.0 Å². The molecule has 444 valence electrons. The molecule has 0 aliphatic heterocycles. The number of rotatable bonds is 54. The Balaban J connectivity index is -0.000000200. The van der Waals surface area contributed by atoms with Crippen molar-refractivity contribution in [2.45, 2.75) is 362 Å². The zero-order valence-electron chi connectivity index (χ0n) is 52.4. The Morgan fingerprint density at radius 2 is 0.292 bits per heavy atom. The third-order valence-corrected chi connectivity index (χ3v) is 14.5. The van der Waals surface area contributed by atoms with Gasteiger partial charge < -0.3 is 45.2 Å². The van der Waals surface area contributed by atoms with E-state index in [0.29, 0.717) is 0 Å². The summed E-state index contributed by atoms with van der Waals surface area (Å²) in [5, 5.41) is 0. The van der Waals surface area contributed by atoms with Crippen molar-refractivity contribution in [1.82, 2.24) is 0 Å². The lowest BCUT2D eigenvalue weighted by atomic mass is 10.0. The molecule has 0 radical (unpaired) electrons. The first kappa shape index (κ1) is 83.7. The molecule has 0 spiro atoms. The second kappa shape index (κ2) is 75.7. The van der Waals surface area contributed by atoms with Crippen molar-refractivity contribution in [1.29, 1.82) is 0 Å². The molecule has 0 bridgehead atoms. The SMILES string of the molecule is CCCCCCCCCCCCCCCN.CCCCCCCCCCCCCCCN.CCCCCCCCCCCCCCC[N+](C)(C)C.CCCCCCCCCCCCCCC[N+](C)(C)C.[Cl-].[Cl-]. The monoisotopic (exact) mass is 1070 g/mol. The van der Waals surface area contributed by atoms with Crippen LogP contribution in [0, 0.1) is 0 Å². The number of hydrogen-bond acceptors (Lipinski definition) is 2. The van der Waals surface area contributed by atoms with Crippen LogP contribution in [0.5, 0.6) is 0 Å². The maximum atomic E-state index is 5.46. The van der Waals surface area contributed by atoms with Crippen molar-refractivity contribution >= 4 is 0 Å². The number of halogens is 2. The van der Waals surface area contributed by atoms with Crippen LogP contribution in [0.25, 0.3) is 0 Å². The summed E-state index contributed by atoms with van der Waals surface area (Å²) >= 11 is 0. The first-order valence-electron chi connectivity index (χ1n) is 33.0. The summed E-state index contributed by atoms with van der Waals surface area (Å²) in [6.45, 7) is 13.6. The van der Waals surface area contributed by atoms with E-state index < -0.39 is 0 Å². The summed E-state index contributed by atoms with van der Waals surface area (Å²) in [5.74, 6) is 0. The summed E-state index contributed by atoms with van der Waals surface area (Å²) < 4.78 is 2.25. The summed E-state index contributed by atoms with van der Waals surface area (Å²) in [7, 11) is 13.8. The van der Waals surface area contributed by atoms with Gasteiger partial charge in [-0.25, -0.2) is 0 Å². The predicted molar refractivity (Wildman–Crippen MR) is 327 cm³/mol. The van der Waals surface area contributed by atoms with E-state index in [9.17, 15) is 0 Å². The molecule has 0 aliphatic rings. The van der Waals surface area contributed by atoms with Crippen LogP contribution in [0.1, 0.15) is 362 Å². The number of hydrogen-bond donors (Lipinski definition) is 2. The second-order valence-electron chi connectivity index (χ2n) is 24.6. The van der Waals surface area contributed by atoms with Gasteiger partial charge in [0.1, 0.15) is 0 Å². The highest BCUT2D eigenvalue weighted by atomic mass is 35.5. The topological polar surface area (TPSA) is 52.0 Å². The third-order valence-electron chi connectivity index (χ3n) is 14.5. The highest BCUT2D eigenvalue weighted by Gasteiger charge is 2.06. The van der Waals surface area contributed by atoms with Gasteiger partial charge in [0, 0.05) is 0 Å². The van der Waals surface area contributed by atoms with Gasteiger partial charge in [-0.1, -0.05) is 323 Å². The summed E-state index contributed by atoms with van der Waals surface area (Å²) in [5.41, 5.74) is 10.9. The lowest BCUT2D eigenvalue weighted by Crippen LogP contribution is -3.00. The Bertz CT molecular complexity index is 748. The van der Waals surface area contributed by atoms with Crippen molar-refractivity contribution in [3.05, 3.63) is 0 Å². The zero-order chi connectivity index (χ0) is 52.6. The Labute approximate surface area is 472 Å². The van der Waals surface area contributed by atoms with Crippen molar-refractivity contribution in [3.8, 4) is 0 Å². The van der Waals surface area contributed by atoms with Crippen LogP contribution < -0.4 is 36.3 Å². The molecule has 0 saturated heterocycles. The molecule has 0 heterocycles. The van der Waals surface area contributed by atoms with Crippen LogP contribution in [0.4, 0.5) is 0 Å². The summed E-state index contributed by atoms with van der Waals surface area (Å²) in [4.78, 5) is 0. The minimum absolute atomic E-state index is 0. The van der Waals surface area contributed by atoms with Crippen molar-refractivity contribution in [2.75, 3.05) is 68.5 Å². The molecule has 6 heteroatoms. The van der Waals surface area contributed by atoms with Gasteiger partial charge in [-0.3, -0.25) is 0 Å². The van der Waals surface area contributed by atoms with E-state index in [1.54, 1.807) is 0 Å². The van der Waals surface area contributed by atoms with E-state index >= 15 is 0 Å². The normalized spacial score (nSPS) is 11.2. The smallest absolute Gasteiger partial charge is 0.0780 e. The van der Waals surface area contributed by atoms with Gasteiger partial charge in [-0.2, -0.15) is 0 Å². The van der Waals surface area contributed by atoms with Gasteiger partial charge in [-0.15, -0.1) is 0 Å². The van der Waals surface area contributed by atoms with Crippen LogP contribution in [0.2, 0.25) is 0 Å². The fourth-order valence-corrected chi connectivity index (χ4v) is 9.53. The van der Waals surface area contributed by atoms with E-state index in [1.165, 1.54) is 347 Å². The molecule has 72 heavy (non-hydrogen) atoms. The largest absolute Gasteiger partial charge is 1.00 e. The number of nitrogens with two attached hydrogens (primary N) is 2. The minimum atomic E-state index is 0. The molecule has 0 unspecified atom stereocenters. The molecule has 0 amide bonds. The van der Waals surface area contributed by atoms with E-state index in [0.717, 1.165) is 22.1 Å². The van der Waals surface area contributed by atoms with Gasteiger partial charge in [0.05, 0.1) is 55.4 Å². The average molecular weight is 1070 g/mol. The molecule has 0 aromatic rings. The molecule has 0 aromatic heterocycles. The Hall–Kier alpha value is 0.420. The predicted octanol–water partition coefficient (Wildman–Crippen LogP) is 15.6. The molecule has 0 atom stereocenters.